The van der Waals surface area contributed by atoms with E-state index < -0.39 is 0 Å². The van der Waals surface area contributed by atoms with Gasteiger partial charge in [0.05, 0.1) is 0 Å². The SMILES string of the molecule is CCCNC1CCCCCCC1N1CCCN(C)CC1. The van der Waals surface area contributed by atoms with Crippen LogP contribution in [0.3, 0.4) is 0 Å². The van der Waals surface area contributed by atoms with Gasteiger partial charge in [-0.1, -0.05) is 32.6 Å². The fraction of sp³-hybridized carbons (Fsp3) is 1.00. The highest BCUT2D eigenvalue weighted by atomic mass is 15.2. The number of likely N-dealkylation sites (N-methyl/N-ethyl adjacent to an activating group) is 1. The second-order valence-electron chi connectivity index (χ2n) is 6.81. The van der Waals surface area contributed by atoms with Gasteiger partial charge in [0.15, 0.2) is 0 Å². The van der Waals surface area contributed by atoms with E-state index in [2.05, 4.69) is 29.1 Å². The molecule has 0 aromatic rings. The van der Waals surface area contributed by atoms with Gasteiger partial charge in [-0.05, 0) is 52.4 Å². The van der Waals surface area contributed by atoms with E-state index in [1.165, 1.54) is 84.1 Å². The number of hydrogen-bond acceptors (Lipinski definition) is 3. The normalized spacial score (nSPS) is 31.5. The van der Waals surface area contributed by atoms with Crippen molar-refractivity contribution in [3.63, 3.8) is 0 Å². The summed E-state index contributed by atoms with van der Waals surface area (Å²) < 4.78 is 0. The predicted molar refractivity (Wildman–Crippen MR) is 87.3 cm³/mol. The summed E-state index contributed by atoms with van der Waals surface area (Å²) in [5.41, 5.74) is 0. The fourth-order valence-corrected chi connectivity index (χ4v) is 3.87. The van der Waals surface area contributed by atoms with Gasteiger partial charge >= 0.3 is 0 Å². The fourth-order valence-electron chi connectivity index (χ4n) is 3.87. The Labute approximate surface area is 126 Å². The Hall–Kier alpha value is -0.120. The molecule has 0 aromatic carbocycles. The summed E-state index contributed by atoms with van der Waals surface area (Å²) in [6.07, 6.45) is 11.1. The molecule has 0 aromatic heterocycles. The molecule has 1 N–H and O–H groups in total. The van der Waals surface area contributed by atoms with Gasteiger partial charge in [0, 0.05) is 25.2 Å². The Morgan fingerprint density at radius 2 is 1.70 bits per heavy atom. The zero-order valence-electron chi connectivity index (χ0n) is 13.7. The van der Waals surface area contributed by atoms with Crippen LogP contribution in [0.15, 0.2) is 0 Å². The minimum atomic E-state index is 0.735. The molecule has 118 valence electrons. The average Bonchev–Trinajstić information content (AvgIpc) is 2.63. The van der Waals surface area contributed by atoms with Crippen LogP contribution in [-0.4, -0.2) is 61.7 Å². The van der Waals surface area contributed by atoms with Crippen LogP contribution in [0.1, 0.15) is 58.3 Å². The van der Waals surface area contributed by atoms with Crippen molar-refractivity contribution in [1.29, 1.82) is 0 Å². The average molecular weight is 281 g/mol. The van der Waals surface area contributed by atoms with Crippen LogP contribution in [0.4, 0.5) is 0 Å². The lowest BCUT2D eigenvalue weighted by molar-refractivity contribution is 0.137. The van der Waals surface area contributed by atoms with E-state index in [0.29, 0.717) is 0 Å². The maximum atomic E-state index is 3.86. The van der Waals surface area contributed by atoms with Crippen molar-refractivity contribution in [2.45, 2.75) is 70.4 Å². The number of hydrogen-bond donors (Lipinski definition) is 1. The second-order valence-corrected chi connectivity index (χ2v) is 6.81. The molecule has 1 aliphatic carbocycles. The Morgan fingerprint density at radius 1 is 0.900 bits per heavy atom. The van der Waals surface area contributed by atoms with Gasteiger partial charge < -0.3 is 10.2 Å². The molecule has 2 rings (SSSR count). The molecule has 2 fully saturated rings. The third kappa shape index (κ3) is 5.01. The lowest BCUT2D eigenvalue weighted by Crippen LogP contribution is -2.51. The first kappa shape index (κ1) is 16.3. The van der Waals surface area contributed by atoms with Crippen LogP contribution in [0.2, 0.25) is 0 Å². The molecule has 3 nitrogen and oxygen atoms in total. The lowest BCUT2D eigenvalue weighted by Gasteiger charge is -2.38. The Morgan fingerprint density at radius 3 is 2.50 bits per heavy atom. The molecule has 2 atom stereocenters. The summed E-state index contributed by atoms with van der Waals surface area (Å²) in [5, 5.41) is 3.86. The summed E-state index contributed by atoms with van der Waals surface area (Å²) in [6.45, 7) is 8.57. The zero-order chi connectivity index (χ0) is 14.2. The second kappa shape index (κ2) is 9.01. The molecule has 0 spiro atoms. The van der Waals surface area contributed by atoms with Gasteiger partial charge in [0.2, 0.25) is 0 Å². The molecule has 1 heterocycles. The zero-order valence-corrected chi connectivity index (χ0v) is 13.7. The Balaban J connectivity index is 1.97. The maximum absolute atomic E-state index is 3.86. The molecule has 0 radical (unpaired) electrons. The van der Waals surface area contributed by atoms with Crippen molar-refractivity contribution >= 4 is 0 Å². The first-order valence-corrected chi connectivity index (χ1v) is 8.97. The highest BCUT2D eigenvalue weighted by molar-refractivity contribution is 4.87. The van der Waals surface area contributed by atoms with Crippen LogP contribution < -0.4 is 5.32 Å². The number of nitrogens with zero attached hydrogens (tertiary/aromatic N) is 2. The van der Waals surface area contributed by atoms with Crippen molar-refractivity contribution in [2.24, 2.45) is 0 Å². The predicted octanol–water partition coefficient (Wildman–Crippen LogP) is 2.71. The minimum absolute atomic E-state index is 0.735. The summed E-state index contributed by atoms with van der Waals surface area (Å²) in [7, 11) is 2.27. The first-order valence-electron chi connectivity index (χ1n) is 8.97. The highest BCUT2D eigenvalue weighted by Gasteiger charge is 2.28. The van der Waals surface area contributed by atoms with Gasteiger partial charge in [0.1, 0.15) is 0 Å². The standard InChI is InChI=1S/C17H35N3/c1-3-11-18-16-9-6-4-5-7-10-17(16)20-13-8-12-19(2)14-15-20/h16-18H,3-15H2,1-2H3. The maximum Gasteiger partial charge on any atom is 0.0249 e. The van der Waals surface area contributed by atoms with Crippen LogP contribution in [0.5, 0.6) is 0 Å². The van der Waals surface area contributed by atoms with Crippen LogP contribution >= 0.6 is 0 Å². The van der Waals surface area contributed by atoms with Crippen molar-refractivity contribution in [2.75, 3.05) is 39.8 Å². The topological polar surface area (TPSA) is 18.5 Å². The van der Waals surface area contributed by atoms with Gasteiger partial charge in [-0.25, -0.2) is 0 Å². The van der Waals surface area contributed by atoms with Crippen LogP contribution in [-0.2, 0) is 0 Å². The van der Waals surface area contributed by atoms with E-state index >= 15 is 0 Å². The van der Waals surface area contributed by atoms with E-state index in [1.807, 2.05) is 0 Å². The number of rotatable bonds is 4. The van der Waals surface area contributed by atoms with Crippen molar-refractivity contribution in [3.8, 4) is 0 Å². The third-order valence-electron chi connectivity index (χ3n) is 5.11. The monoisotopic (exact) mass is 281 g/mol. The first-order chi connectivity index (χ1) is 9.81. The summed E-state index contributed by atoms with van der Waals surface area (Å²) >= 11 is 0. The van der Waals surface area contributed by atoms with Crippen molar-refractivity contribution in [1.82, 2.24) is 15.1 Å². The van der Waals surface area contributed by atoms with E-state index in [4.69, 9.17) is 0 Å². The van der Waals surface area contributed by atoms with Gasteiger partial charge in [-0.2, -0.15) is 0 Å². The third-order valence-corrected chi connectivity index (χ3v) is 5.11. The largest absolute Gasteiger partial charge is 0.312 e. The van der Waals surface area contributed by atoms with E-state index in [1.54, 1.807) is 0 Å². The Bertz CT molecular complexity index is 250. The van der Waals surface area contributed by atoms with Crippen LogP contribution in [0, 0.1) is 0 Å². The molecule has 1 saturated carbocycles. The van der Waals surface area contributed by atoms with Crippen molar-refractivity contribution < 1.29 is 0 Å². The summed E-state index contributed by atoms with van der Waals surface area (Å²) in [4.78, 5) is 5.31. The van der Waals surface area contributed by atoms with Gasteiger partial charge in [-0.15, -0.1) is 0 Å². The molecule has 3 heteroatoms. The molecule has 20 heavy (non-hydrogen) atoms. The minimum Gasteiger partial charge on any atom is -0.312 e. The molecule has 0 bridgehead atoms. The van der Waals surface area contributed by atoms with E-state index in [9.17, 15) is 0 Å². The quantitative estimate of drug-likeness (QED) is 0.855. The molecular formula is C17H35N3. The van der Waals surface area contributed by atoms with Crippen LogP contribution in [0.25, 0.3) is 0 Å². The smallest absolute Gasteiger partial charge is 0.0249 e. The molecule has 2 unspecified atom stereocenters. The van der Waals surface area contributed by atoms with Gasteiger partial charge in [-0.3, -0.25) is 4.90 Å². The molecular weight excluding hydrogens is 246 g/mol. The van der Waals surface area contributed by atoms with E-state index in [0.717, 1.165) is 12.1 Å². The molecule has 1 saturated heterocycles. The highest BCUT2D eigenvalue weighted by Crippen LogP contribution is 2.23. The van der Waals surface area contributed by atoms with Crippen molar-refractivity contribution in [3.05, 3.63) is 0 Å². The summed E-state index contributed by atoms with van der Waals surface area (Å²) in [5.74, 6) is 0. The molecule has 2 aliphatic rings. The number of nitrogens with one attached hydrogen (secondary N) is 1. The molecule has 0 amide bonds. The molecule has 1 aliphatic heterocycles. The summed E-state index contributed by atoms with van der Waals surface area (Å²) in [6, 6.07) is 1.52. The van der Waals surface area contributed by atoms with Gasteiger partial charge in [0.25, 0.3) is 0 Å². The van der Waals surface area contributed by atoms with E-state index in [-0.39, 0.29) is 0 Å². The Kier molecular flexibility index (Phi) is 7.32. The lowest BCUT2D eigenvalue weighted by atomic mass is 9.91.